The van der Waals surface area contributed by atoms with Crippen LogP contribution in [0.2, 0.25) is 0 Å². The lowest BCUT2D eigenvalue weighted by atomic mass is 9.93. The van der Waals surface area contributed by atoms with Gasteiger partial charge in [0.25, 0.3) is 5.78 Å². The minimum absolute atomic E-state index is 0.0107. The Hall–Kier alpha value is -4.37. The van der Waals surface area contributed by atoms with E-state index in [9.17, 15) is 14.7 Å². The highest BCUT2D eigenvalue weighted by Crippen LogP contribution is 2.46. The molecule has 0 bridgehead atoms. The van der Waals surface area contributed by atoms with E-state index in [4.69, 9.17) is 19.2 Å². The molecule has 1 saturated heterocycles. The van der Waals surface area contributed by atoms with Gasteiger partial charge in [0.1, 0.15) is 11.5 Å². The second-order valence-corrected chi connectivity index (χ2v) is 12.0. The van der Waals surface area contributed by atoms with Crippen molar-refractivity contribution in [3.8, 4) is 17.2 Å². The number of benzene rings is 3. The first-order chi connectivity index (χ1) is 20.6. The highest BCUT2D eigenvalue weighted by molar-refractivity contribution is 7.22. The minimum atomic E-state index is -0.953. The van der Waals surface area contributed by atoms with E-state index in [1.165, 1.54) is 16.2 Å². The van der Waals surface area contributed by atoms with Crippen LogP contribution in [-0.2, 0) is 9.59 Å². The average Bonchev–Trinajstić information content (AvgIpc) is 3.51. The molecule has 2 heterocycles. The summed E-state index contributed by atoms with van der Waals surface area (Å²) in [5.41, 5.74) is 3.43. The van der Waals surface area contributed by atoms with Crippen molar-refractivity contribution >= 4 is 44.1 Å². The number of aliphatic hydroxyl groups is 1. The Bertz CT molecular complexity index is 1720. The maximum Gasteiger partial charge on any atom is 0.301 e. The Morgan fingerprint density at radius 3 is 2.53 bits per heavy atom. The number of carbonyl (C=O) groups excluding carboxylic acids is 2. The monoisotopic (exact) mass is 600 g/mol. The van der Waals surface area contributed by atoms with Gasteiger partial charge < -0.3 is 19.3 Å². The van der Waals surface area contributed by atoms with Crippen LogP contribution in [0.15, 0.2) is 60.2 Å². The third kappa shape index (κ3) is 5.95. The zero-order valence-corrected chi connectivity index (χ0v) is 26.1. The minimum Gasteiger partial charge on any atom is -0.507 e. The molecule has 1 fully saturated rings. The first kappa shape index (κ1) is 30.1. The zero-order chi connectivity index (χ0) is 30.8. The molecule has 224 valence electrons. The fraction of sp³-hybridized carbons (Fsp3) is 0.324. The lowest BCUT2D eigenvalue weighted by Gasteiger charge is -2.24. The number of methoxy groups -OCH3 is 1. The van der Waals surface area contributed by atoms with E-state index in [1.807, 2.05) is 57.2 Å². The summed E-state index contributed by atoms with van der Waals surface area (Å²) in [6.45, 7) is 11.0. The Balaban J connectivity index is 1.68. The van der Waals surface area contributed by atoms with Crippen LogP contribution < -0.4 is 19.1 Å². The topological polar surface area (TPSA) is 98.2 Å². The van der Waals surface area contributed by atoms with Crippen LogP contribution in [0.1, 0.15) is 55.5 Å². The molecule has 1 amide bonds. The molecule has 0 radical (unpaired) electrons. The number of aliphatic hydroxyl groups excluding tert-OH is 1. The van der Waals surface area contributed by atoms with Gasteiger partial charge in [-0.15, -0.1) is 0 Å². The predicted molar refractivity (Wildman–Crippen MR) is 169 cm³/mol. The van der Waals surface area contributed by atoms with Crippen molar-refractivity contribution in [2.45, 2.75) is 47.1 Å². The second kappa shape index (κ2) is 12.5. The van der Waals surface area contributed by atoms with E-state index in [1.54, 1.807) is 25.3 Å². The number of ketones is 1. The number of thiazole rings is 1. The van der Waals surface area contributed by atoms with E-state index >= 15 is 0 Å². The summed E-state index contributed by atoms with van der Waals surface area (Å²) in [5.74, 6) is 0.408. The van der Waals surface area contributed by atoms with Crippen LogP contribution >= 0.6 is 11.3 Å². The van der Waals surface area contributed by atoms with Gasteiger partial charge in [-0.3, -0.25) is 14.5 Å². The number of aromatic nitrogens is 1. The van der Waals surface area contributed by atoms with Crippen molar-refractivity contribution in [3.05, 3.63) is 82.4 Å². The number of aryl methyl sites for hydroxylation is 2. The molecule has 0 spiro atoms. The van der Waals surface area contributed by atoms with E-state index in [2.05, 4.69) is 13.8 Å². The van der Waals surface area contributed by atoms with Gasteiger partial charge in [-0.05, 0) is 80.6 Å². The lowest BCUT2D eigenvalue weighted by molar-refractivity contribution is -0.132. The fourth-order valence-corrected chi connectivity index (χ4v) is 6.13. The summed E-state index contributed by atoms with van der Waals surface area (Å²) >= 11 is 1.28. The number of amides is 1. The van der Waals surface area contributed by atoms with Crippen LogP contribution in [0.5, 0.6) is 17.2 Å². The van der Waals surface area contributed by atoms with Gasteiger partial charge in [0.15, 0.2) is 16.6 Å². The Morgan fingerprint density at radius 2 is 1.81 bits per heavy atom. The number of nitrogens with zero attached hydrogens (tertiary/aromatic N) is 2. The van der Waals surface area contributed by atoms with Gasteiger partial charge >= 0.3 is 5.91 Å². The molecule has 1 atom stereocenters. The molecule has 0 saturated carbocycles. The van der Waals surface area contributed by atoms with Crippen molar-refractivity contribution in [2.24, 2.45) is 5.92 Å². The molecule has 0 aliphatic carbocycles. The number of hydrogen-bond acceptors (Lipinski definition) is 8. The predicted octanol–water partition coefficient (Wildman–Crippen LogP) is 7.37. The molecule has 1 aliphatic heterocycles. The molecular formula is C34H36N2O6S. The van der Waals surface area contributed by atoms with Crippen LogP contribution in [0.4, 0.5) is 5.13 Å². The van der Waals surface area contributed by atoms with Crippen molar-refractivity contribution in [2.75, 3.05) is 25.2 Å². The summed E-state index contributed by atoms with van der Waals surface area (Å²) in [6, 6.07) is 15.5. The van der Waals surface area contributed by atoms with Crippen LogP contribution in [0.25, 0.3) is 16.0 Å². The standard InChI is InChI=1S/C34H36N2O6S/c1-7-41-23-11-12-25-28(18-23)43-34(35-25)36-30(22-10-13-26(27(17-22)40-6)42-15-14-19(2)3)29(32(38)33(36)39)31(37)24-16-20(4)8-9-21(24)5/h8-13,16-19,30,37H,7,14-15H2,1-6H3/b31-29+. The zero-order valence-electron chi connectivity index (χ0n) is 25.3. The summed E-state index contributed by atoms with van der Waals surface area (Å²) in [4.78, 5) is 33.6. The number of ether oxygens (including phenoxy) is 3. The van der Waals surface area contributed by atoms with E-state index in [0.29, 0.717) is 58.2 Å². The highest BCUT2D eigenvalue weighted by Gasteiger charge is 2.48. The Morgan fingerprint density at radius 1 is 1.02 bits per heavy atom. The molecule has 3 aromatic carbocycles. The molecule has 1 unspecified atom stereocenters. The molecule has 5 rings (SSSR count). The smallest absolute Gasteiger partial charge is 0.301 e. The summed E-state index contributed by atoms with van der Waals surface area (Å²) < 4.78 is 18.1. The van der Waals surface area contributed by atoms with E-state index in [-0.39, 0.29) is 11.3 Å². The molecule has 1 N–H and O–H groups in total. The summed E-state index contributed by atoms with van der Waals surface area (Å²) in [5, 5.41) is 12.0. The van der Waals surface area contributed by atoms with Gasteiger partial charge in [-0.25, -0.2) is 4.98 Å². The number of fused-ring (bicyclic) bond motifs is 1. The largest absolute Gasteiger partial charge is 0.507 e. The number of Topliss-reactive ketones (excluding diaryl/α,β-unsaturated/α-hetero) is 1. The first-order valence-electron chi connectivity index (χ1n) is 14.4. The first-order valence-corrected chi connectivity index (χ1v) is 15.2. The maximum absolute atomic E-state index is 13.8. The van der Waals surface area contributed by atoms with Crippen LogP contribution in [0.3, 0.4) is 0 Å². The lowest BCUT2D eigenvalue weighted by Crippen LogP contribution is -2.29. The number of anilines is 1. The van der Waals surface area contributed by atoms with E-state index in [0.717, 1.165) is 22.2 Å². The maximum atomic E-state index is 13.8. The van der Waals surface area contributed by atoms with Crippen LogP contribution in [0, 0.1) is 19.8 Å². The summed E-state index contributed by atoms with van der Waals surface area (Å²) in [6.07, 6.45) is 0.879. The molecule has 9 heteroatoms. The molecule has 4 aromatic rings. The van der Waals surface area contributed by atoms with Crippen molar-refractivity contribution in [1.29, 1.82) is 0 Å². The van der Waals surface area contributed by atoms with E-state index < -0.39 is 17.7 Å². The van der Waals surface area contributed by atoms with Gasteiger partial charge in [0, 0.05) is 5.56 Å². The number of carbonyl (C=O) groups is 2. The quantitative estimate of drug-likeness (QED) is 0.115. The third-order valence-electron chi connectivity index (χ3n) is 7.41. The molecule has 1 aliphatic rings. The summed E-state index contributed by atoms with van der Waals surface area (Å²) in [7, 11) is 1.55. The highest BCUT2D eigenvalue weighted by atomic mass is 32.1. The third-order valence-corrected chi connectivity index (χ3v) is 8.43. The van der Waals surface area contributed by atoms with Gasteiger partial charge in [0.2, 0.25) is 0 Å². The number of hydrogen-bond donors (Lipinski definition) is 1. The van der Waals surface area contributed by atoms with Gasteiger partial charge in [-0.2, -0.15) is 0 Å². The van der Waals surface area contributed by atoms with Gasteiger partial charge in [-0.1, -0.05) is 48.9 Å². The molecule has 8 nitrogen and oxygen atoms in total. The van der Waals surface area contributed by atoms with Crippen molar-refractivity contribution in [1.82, 2.24) is 4.98 Å². The molecule has 1 aromatic heterocycles. The SMILES string of the molecule is CCOc1ccc2nc(N3C(=O)C(=O)/C(=C(/O)c4cc(C)ccc4C)C3c3ccc(OCCC(C)C)c(OC)c3)sc2c1. The normalized spacial score (nSPS) is 16.3. The molecule has 43 heavy (non-hydrogen) atoms. The number of rotatable bonds is 10. The van der Waals surface area contributed by atoms with Gasteiger partial charge in [0.05, 0.1) is 42.2 Å². The fourth-order valence-electron chi connectivity index (χ4n) is 5.11. The molecular weight excluding hydrogens is 564 g/mol. The van der Waals surface area contributed by atoms with Crippen molar-refractivity contribution < 1.29 is 28.9 Å². The Labute approximate surface area is 255 Å². The average molecular weight is 601 g/mol. The van der Waals surface area contributed by atoms with Crippen molar-refractivity contribution in [3.63, 3.8) is 0 Å². The Kier molecular flexibility index (Phi) is 8.73. The van der Waals surface area contributed by atoms with Crippen LogP contribution in [-0.4, -0.2) is 42.1 Å². The second-order valence-electron chi connectivity index (χ2n) is 11.0.